The van der Waals surface area contributed by atoms with E-state index in [1.807, 2.05) is 0 Å². The molecule has 0 aliphatic rings. The van der Waals surface area contributed by atoms with Gasteiger partial charge < -0.3 is 10.6 Å². The Kier molecular flexibility index (Phi) is 5.25. The molecular weight excluding hydrogens is 200 g/mol. The van der Waals surface area contributed by atoms with Gasteiger partial charge in [0.05, 0.1) is 12.4 Å². The van der Waals surface area contributed by atoms with E-state index in [0.717, 1.165) is 31.9 Å². The van der Waals surface area contributed by atoms with Crippen molar-refractivity contribution in [3.8, 4) is 0 Å². The molecule has 78 valence electrons. The molecule has 0 spiro atoms. The molecule has 0 radical (unpaired) electrons. The van der Waals surface area contributed by atoms with E-state index < -0.39 is 0 Å². The number of rotatable bonds is 6. The van der Waals surface area contributed by atoms with E-state index >= 15 is 0 Å². The van der Waals surface area contributed by atoms with Crippen molar-refractivity contribution in [2.24, 2.45) is 0 Å². The molecule has 1 aromatic heterocycles. The number of nitrogens with zero attached hydrogens (tertiary/aromatic N) is 2. The summed E-state index contributed by atoms with van der Waals surface area (Å²) >= 11 is 5.68. The summed E-state index contributed by atoms with van der Waals surface area (Å²) in [5, 5.41) is 6.81. The van der Waals surface area contributed by atoms with Crippen molar-refractivity contribution in [3.63, 3.8) is 0 Å². The lowest BCUT2D eigenvalue weighted by Gasteiger charge is -2.05. The summed E-state index contributed by atoms with van der Waals surface area (Å²) in [7, 11) is 0. The van der Waals surface area contributed by atoms with Crippen molar-refractivity contribution in [1.29, 1.82) is 0 Å². The second kappa shape index (κ2) is 6.56. The number of hydrogen-bond donors (Lipinski definition) is 2. The first-order valence-corrected chi connectivity index (χ1v) is 5.13. The number of anilines is 1. The standard InChI is InChI=1S/C9H15ClN4/c1-2-3-11-4-5-13-9-7-12-6-8(10)14-9/h6-7,11H,2-5H2,1H3,(H,13,14). The average Bonchev–Trinajstić information content (AvgIpc) is 2.18. The largest absolute Gasteiger partial charge is 0.367 e. The van der Waals surface area contributed by atoms with Gasteiger partial charge in [0.1, 0.15) is 11.0 Å². The fraction of sp³-hybridized carbons (Fsp3) is 0.556. The molecule has 0 amide bonds. The summed E-state index contributed by atoms with van der Waals surface area (Å²) in [6.45, 7) is 4.93. The topological polar surface area (TPSA) is 49.8 Å². The fourth-order valence-electron chi connectivity index (χ4n) is 1.01. The fourth-order valence-corrected chi connectivity index (χ4v) is 1.16. The summed E-state index contributed by atoms with van der Waals surface area (Å²) in [6.07, 6.45) is 4.32. The van der Waals surface area contributed by atoms with Crippen LogP contribution in [0.3, 0.4) is 0 Å². The summed E-state index contributed by atoms with van der Waals surface area (Å²) in [5.41, 5.74) is 0. The highest BCUT2D eigenvalue weighted by molar-refractivity contribution is 6.29. The lowest BCUT2D eigenvalue weighted by Crippen LogP contribution is -2.23. The van der Waals surface area contributed by atoms with Crippen LogP contribution in [0, 0.1) is 0 Å². The maximum atomic E-state index is 5.68. The molecule has 1 heterocycles. The molecule has 0 saturated heterocycles. The van der Waals surface area contributed by atoms with E-state index in [4.69, 9.17) is 11.6 Å². The van der Waals surface area contributed by atoms with Crippen molar-refractivity contribution in [1.82, 2.24) is 15.3 Å². The molecule has 14 heavy (non-hydrogen) atoms. The monoisotopic (exact) mass is 214 g/mol. The zero-order valence-corrected chi connectivity index (χ0v) is 9.01. The molecule has 0 unspecified atom stereocenters. The van der Waals surface area contributed by atoms with Crippen molar-refractivity contribution < 1.29 is 0 Å². The predicted octanol–water partition coefficient (Wildman–Crippen LogP) is 1.54. The Bertz CT molecular complexity index is 267. The van der Waals surface area contributed by atoms with Crippen molar-refractivity contribution in [2.45, 2.75) is 13.3 Å². The smallest absolute Gasteiger partial charge is 0.149 e. The van der Waals surface area contributed by atoms with Gasteiger partial charge in [0.25, 0.3) is 0 Å². The van der Waals surface area contributed by atoms with Crippen LogP contribution in [0.2, 0.25) is 5.15 Å². The van der Waals surface area contributed by atoms with Gasteiger partial charge in [0, 0.05) is 13.1 Å². The van der Waals surface area contributed by atoms with Crippen LogP contribution in [-0.2, 0) is 0 Å². The van der Waals surface area contributed by atoms with Gasteiger partial charge in [-0.1, -0.05) is 18.5 Å². The van der Waals surface area contributed by atoms with Gasteiger partial charge in [0.2, 0.25) is 0 Å². The van der Waals surface area contributed by atoms with E-state index in [1.165, 1.54) is 6.20 Å². The van der Waals surface area contributed by atoms with Crippen LogP contribution in [0.4, 0.5) is 5.82 Å². The van der Waals surface area contributed by atoms with Crippen molar-refractivity contribution >= 4 is 17.4 Å². The molecule has 0 aromatic carbocycles. The van der Waals surface area contributed by atoms with Gasteiger partial charge >= 0.3 is 0 Å². The summed E-state index contributed by atoms with van der Waals surface area (Å²) in [6, 6.07) is 0. The molecular formula is C9H15ClN4. The van der Waals surface area contributed by atoms with Gasteiger partial charge in [0.15, 0.2) is 0 Å². The molecule has 0 aliphatic heterocycles. The van der Waals surface area contributed by atoms with Gasteiger partial charge in [-0.05, 0) is 13.0 Å². The lowest BCUT2D eigenvalue weighted by atomic mass is 10.4. The van der Waals surface area contributed by atoms with Crippen LogP contribution in [0.25, 0.3) is 0 Å². The predicted molar refractivity (Wildman–Crippen MR) is 58.7 cm³/mol. The molecule has 0 bridgehead atoms. The molecule has 0 atom stereocenters. The Morgan fingerprint density at radius 1 is 1.29 bits per heavy atom. The van der Waals surface area contributed by atoms with Crippen LogP contribution in [0.15, 0.2) is 12.4 Å². The summed E-state index contributed by atoms with van der Waals surface area (Å²) < 4.78 is 0. The minimum atomic E-state index is 0.413. The van der Waals surface area contributed by atoms with E-state index in [9.17, 15) is 0 Å². The van der Waals surface area contributed by atoms with E-state index in [2.05, 4.69) is 27.5 Å². The zero-order chi connectivity index (χ0) is 10.2. The quantitative estimate of drug-likeness (QED) is 0.706. The molecule has 0 fully saturated rings. The third-order valence-corrected chi connectivity index (χ3v) is 1.82. The maximum absolute atomic E-state index is 5.68. The number of aromatic nitrogens is 2. The second-order valence-electron chi connectivity index (χ2n) is 2.90. The number of nitrogens with one attached hydrogen (secondary N) is 2. The van der Waals surface area contributed by atoms with Crippen molar-refractivity contribution in [3.05, 3.63) is 17.5 Å². The van der Waals surface area contributed by atoms with Crippen LogP contribution in [0.5, 0.6) is 0 Å². The summed E-state index contributed by atoms with van der Waals surface area (Å²) in [4.78, 5) is 7.98. The highest BCUT2D eigenvalue weighted by Gasteiger charge is 1.94. The normalized spacial score (nSPS) is 10.1. The van der Waals surface area contributed by atoms with Gasteiger partial charge in [-0.25, -0.2) is 4.98 Å². The summed E-state index contributed by atoms with van der Waals surface area (Å²) in [5.74, 6) is 0.718. The molecule has 0 aliphatic carbocycles. The van der Waals surface area contributed by atoms with Gasteiger partial charge in [-0.15, -0.1) is 0 Å². The number of halogens is 1. The Morgan fingerprint density at radius 2 is 2.14 bits per heavy atom. The minimum absolute atomic E-state index is 0.413. The van der Waals surface area contributed by atoms with E-state index in [-0.39, 0.29) is 0 Å². The number of hydrogen-bond acceptors (Lipinski definition) is 4. The maximum Gasteiger partial charge on any atom is 0.149 e. The Balaban J connectivity index is 2.18. The first-order chi connectivity index (χ1) is 6.83. The Hall–Kier alpha value is -0.870. The Morgan fingerprint density at radius 3 is 2.86 bits per heavy atom. The third-order valence-electron chi connectivity index (χ3n) is 1.64. The van der Waals surface area contributed by atoms with Crippen LogP contribution in [0.1, 0.15) is 13.3 Å². The lowest BCUT2D eigenvalue weighted by molar-refractivity contribution is 0.687. The molecule has 1 aromatic rings. The average molecular weight is 215 g/mol. The first-order valence-electron chi connectivity index (χ1n) is 4.75. The van der Waals surface area contributed by atoms with Gasteiger partial charge in [-0.2, -0.15) is 0 Å². The molecule has 0 saturated carbocycles. The third kappa shape index (κ3) is 4.39. The zero-order valence-electron chi connectivity index (χ0n) is 8.26. The molecule has 4 nitrogen and oxygen atoms in total. The Labute approximate surface area is 89.1 Å². The minimum Gasteiger partial charge on any atom is -0.367 e. The highest BCUT2D eigenvalue weighted by atomic mass is 35.5. The SMILES string of the molecule is CCCNCCNc1cncc(Cl)n1. The molecule has 2 N–H and O–H groups in total. The molecule has 5 heteroatoms. The first kappa shape index (κ1) is 11.2. The van der Waals surface area contributed by atoms with E-state index in [1.54, 1.807) is 6.20 Å². The molecule has 1 rings (SSSR count). The van der Waals surface area contributed by atoms with E-state index in [0.29, 0.717) is 5.15 Å². The van der Waals surface area contributed by atoms with Crippen LogP contribution >= 0.6 is 11.6 Å². The van der Waals surface area contributed by atoms with Gasteiger partial charge in [-0.3, -0.25) is 4.98 Å². The highest BCUT2D eigenvalue weighted by Crippen LogP contribution is 2.05. The van der Waals surface area contributed by atoms with Crippen LogP contribution in [-0.4, -0.2) is 29.6 Å². The van der Waals surface area contributed by atoms with Crippen LogP contribution < -0.4 is 10.6 Å². The van der Waals surface area contributed by atoms with Crippen molar-refractivity contribution in [2.75, 3.05) is 25.0 Å². The second-order valence-corrected chi connectivity index (χ2v) is 3.29.